The predicted molar refractivity (Wildman–Crippen MR) is 113 cm³/mol. The Bertz CT molecular complexity index is 763. The molecule has 1 aliphatic heterocycles. The third kappa shape index (κ3) is 5.21. The van der Waals surface area contributed by atoms with Gasteiger partial charge in [0, 0.05) is 17.5 Å². The van der Waals surface area contributed by atoms with Crippen LogP contribution in [0.1, 0.15) is 43.3 Å². The topological polar surface area (TPSA) is 63.2 Å². The number of halogens is 1. The Labute approximate surface area is 171 Å². The summed E-state index contributed by atoms with van der Waals surface area (Å²) in [6.07, 6.45) is 1.80. The summed E-state index contributed by atoms with van der Waals surface area (Å²) in [6.45, 7) is 7.10. The molecule has 1 unspecified atom stereocenters. The van der Waals surface area contributed by atoms with Crippen LogP contribution >= 0.6 is 23.7 Å². The number of benzene rings is 1. The highest BCUT2D eigenvalue weighted by Gasteiger charge is 2.26. The van der Waals surface area contributed by atoms with Crippen LogP contribution in [0, 0.1) is 12.8 Å². The first-order valence-electron chi connectivity index (χ1n) is 9.13. The summed E-state index contributed by atoms with van der Waals surface area (Å²) in [5, 5.41) is 7.56. The van der Waals surface area contributed by atoms with Crippen molar-refractivity contribution in [1.29, 1.82) is 0 Å². The molecule has 1 saturated heterocycles. The fourth-order valence-corrected chi connectivity index (χ4v) is 4.51. The minimum absolute atomic E-state index is 0. The predicted octanol–water partition coefficient (Wildman–Crippen LogP) is 4.11. The summed E-state index contributed by atoms with van der Waals surface area (Å²) in [5.74, 6) is 1.09. The molecule has 2 aromatic rings. The maximum absolute atomic E-state index is 12.6. The SMILES string of the molecule is COc1ccc(-c2nc(C)c(C(C)NC(=O)[C@H]3CCN[C@@H](C)C3)s2)cc1.Cl. The molecule has 1 aliphatic rings. The second-order valence-electron chi connectivity index (χ2n) is 7.00. The Kier molecular flexibility index (Phi) is 7.65. The van der Waals surface area contributed by atoms with E-state index in [1.54, 1.807) is 18.4 Å². The number of carbonyl (C=O) groups excluding carboxylic acids is 1. The molecule has 0 bridgehead atoms. The van der Waals surface area contributed by atoms with Crippen LogP contribution in [0.2, 0.25) is 0 Å². The highest BCUT2D eigenvalue weighted by molar-refractivity contribution is 7.15. The van der Waals surface area contributed by atoms with Crippen LogP contribution in [0.3, 0.4) is 0 Å². The van der Waals surface area contributed by atoms with E-state index in [1.165, 1.54) is 0 Å². The lowest BCUT2D eigenvalue weighted by molar-refractivity contribution is -0.126. The van der Waals surface area contributed by atoms with Crippen LogP contribution in [0.15, 0.2) is 24.3 Å². The van der Waals surface area contributed by atoms with Gasteiger partial charge < -0.3 is 15.4 Å². The number of nitrogens with one attached hydrogen (secondary N) is 2. The Hall–Kier alpha value is -1.63. The molecule has 3 rings (SSSR count). The van der Waals surface area contributed by atoms with Gasteiger partial charge in [-0.05, 0) is 64.4 Å². The number of ether oxygens (including phenoxy) is 1. The number of hydrogen-bond acceptors (Lipinski definition) is 5. The molecule has 148 valence electrons. The van der Waals surface area contributed by atoms with Gasteiger partial charge in [0.25, 0.3) is 0 Å². The molecule has 2 heterocycles. The Morgan fingerprint density at radius 2 is 2.07 bits per heavy atom. The molecule has 1 amide bonds. The number of aromatic nitrogens is 1. The van der Waals surface area contributed by atoms with Crippen LogP contribution in [-0.2, 0) is 4.79 Å². The first-order valence-corrected chi connectivity index (χ1v) is 9.95. The fraction of sp³-hybridized carbons (Fsp3) is 0.500. The normalized spacial score (nSPS) is 20.4. The van der Waals surface area contributed by atoms with E-state index >= 15 is 0 Å². The van der Waals surface area contributed by atoms with E-state index in [0.29, 0.717) is 6.04 Å². The molecule has 0 radical (unpaired) electrons. The summed E-state index contributed by atoms with van der Waals surface area (Å²) in [4.78, 5) is 18.4. The summed E-state index contributed by atoms with van der Waals surface area (Å²) in [5.41, 5.74) is 2.04. The van der Waals surface area contributed by atoms with Crippen LogP contribution in [0.4, 0.5) is 0 Å². The number of aryl methyl sites for hydroxylation is 1. The number of carbonyl (C=O) groups is 1. The van der Waals surface area contributed by atoms with E-state index < -0.39 is 0 Å². The second kappa shape index (κ2) is 9.53. The van der Waals surface area contributed by atoms with Crippen molar-refractivity contribution in [1.82, 2.24) is 15.6 Å². The van der Waals surface area contributed by atoms with Gasteiger partial charge in [0.1, 0.15) is 10.8 Å². The van der Waals surface area contributed by atoms with Crippen molar-refractivity contribution >= 4 is 29.7 Å². The molecular weight excluding hydrogens is 382 g/mol. The van der Waals surface area contributed by atoms with E-state index in [-0.39, 0.29) is 30.3 Å². The monoisotopic (exact) mass is 409 g/mol. The van der Waals surface area contributed by atoms with Gasteiger partial charge in [0.2, 0.25) is 5.91 Å². The van der Waals surface area contributed by atoms with Crippen LogP contribution in [-0.4, -0.2) is 30.6 Å². The lowest BCUT2D eigenvalue weighted by Gasteiger charge is -2.28. The molecule has 7 heteroatoms. The maximum Gasteiger partial charge on any atom is 0.223 e. The number of nitrogens with zero attached hydrogens (tertiary/aromatic N) is 1. The van der Waals surface area contributed by atoms with Crippen LogP contribution in [0.5, 0.6) is 5.75 Å². The number of methoxy groups -OCH3 is 1. The van der Waals surface area contributed by atoms with Gasteiger partial charge >= 0.3 is 0 Å². The molecule has 5 nitrogen and oxygen atoms in total. The fourth-order valence-electron chi connectivity index (χ4n) is 3.43. The van der Waals surface area contributed by atoms with Gasteiger partial charge in [0.15, 0.2) is 0 Å². The molecule has 0 saturated carbocycles. The Morgan fingerprint density at radius 1 is 1.37 bits per heavy atom. The summed E-state index contributed by atoms with van der Waals surface area (Å²) < 4.78 is 5.21. The Morgan fingerprint density at radius 3 is 2.70 bits per heavy atom. The molecule has 3 atom stereocenters. The standard InChI is InChI=1S/C20H27N3O2S.ClH/c1-12-11-16(9-10-21-12)19(24)22-13(2)18-14(3)23-20(26-18)15-5-7-17(25-4)8-6-15;/h5-8,12-13,16,21H,9-11H2,1-4H3,(H,22,24);1H/t12-,13?,16-;/m0./s1. The quantitative estimate of drug-likeness (QED) is 0.779. The van der Waals surface area contributed by atoms with Crippen molar-refractivity contribution < 1.29 is 9.53 Å². The molecule has 1 aromatic heterocycles. The maximum atomic E-state index is 12.6. The van der Waals surface area contributed by atoms with E-state index in [9.17, 15) is 4.79 Å². The number of rotatable bonds is 5. The third-order valence-corrected chi connectivity index (χ3v) is 6.31. The van der Waals surface area contributed by atoms with E-state index in [0.717, 1.165) is 46.3 Å². The van der Waals surface area contributed by atoms with Crippen molar-refractivity contribution in [3.63, 3.8) is 0 Å². The molecule has 27 heavy (non-hydrogen) atoms. The number of thiazole rings is 1. The van der Waals surface area contributed by atoms with Crippen molar-refractivity contribution in [2.75, 3.05) is 13.7 Å². The highest BCUT2D eigenvalue weighted by Crippen LogP contribution is 2.33. The zero-order chi connectivity index (χ0) is 18.7. The number of amides is 1. The largest absolute Gasteiger partial charge is 0.497 e. The second-order valence-corrected chi connectivity index (χ2v) is 8.03. The van der Waals surface area contributed by atoms with E-state index in [4.69, 9.17) is 9.72 Å². The van der Waals surface area contributed by atoms with Crippen molar-refractivity contribution in [2.45, 2.75) is 45.7 Å². The van der Waals surface area contributed by atoms with Crippen LogP contribution in [0.25, 0.3) is 10.6 Å². The third-order valence-electron chi connectivity index (χ3n) is 4.92. The average molecular weight is 410 g/mol. The molecular formula is C20H28ClN3O2S. The van der Waals surface area contributed by atoms with E-state index in [1.807, 2.05) is 38.1 Å². The highest BCUT2D eigenvalue weighted by atomic mass is 35.5. The van der Waals surface area contributed by atoms with Gasteiger partial charge in [-0.3, -0.25) is 4.79 Å². The molecule has 1 fully saturated rings. The van der Waals surface area contributed by atoms with Crippen LogP contribution < -0.4 is 15.4 Å². The zero-order valence-corrected chi connectivity index (χ0v) is 17.9. The van der Waals surface area contributed by atoms with Gasteiger partial charge in [-0.15, -0.1) is 23.7 Å². The van der Waals surface area contributed by atoms with Gasteiger partial charge in [-0.1, -0.05) is 0 Å². The summed E-state index contributed by atoms with van der Waals surface area (Å²) in [7, 11) is 1.66. The molecule has 0 aliphatic carbocycles. The summed E-state index contributed by atoms with van der Waals surface area (Å²) >= 11 is 1.64. The summed E-state index contributed by atoms with van der Waals surface area (Å²) in [6, 6.07) is 8.28. The van der Waals surface area contributed by atoms with Gasteiger partial charge in [0.05, 0.1) is 23.7 Å². The first-order chi connectivity index (χ1) is 12.5. The average Bonchev–Trinajstić information content (AvgIpc) is 3.03. The molecule has 1 aromatic carbocycles. The molecule has 2 N–H and O–H groups in total. The zero-order valence-electron chi connectivity index (χ0n) is 16.2. The van der Waals surface area contributed by atoms with Crippen molar-refractivity contribution in [2.24, 2.45) is 5.92 Å². The van der Waals surface area contributed by atoms with Gasteiger partial charge in [-0.2, -0.15) is 0 Å². The lowest BCUT2D eigenvalue weighted by Crippen LogP contribution is -2.42. The Balaban J connectivity index is 0.00000261. The molecule has 0 spiro atoms. The van der Waals surface area contributed by atoms with Gasteiger partial charge in [-0.25, -0.2) is 4.98 Å². The first kappa shape index (κ1) is 21.7. The van der Waals surface area contributed by atoms with E-state index in [2.05, 4.69) is 17.6 Å². The number of piperidine rings is 1. The smallest absolute Gasteiger partial charge is 0.223 e. The van der Waals surface area contributed by atoms with Crippen molar-refractivity contribution in [3.05, 3.63) is 34.8 Å². The minimum atomic E-state index is -0.0304. The number of hydrogen-bond donors (Lipinski definition) is 2. The van der Waals surface area contributed by atoms with Crippen molar-refractivity contribution in [3.8, 4) is 16.3 Å². The minimum Gasteiger partial charge on any atom is -0.497 e. The lowest BCUT2D eigenvalue weighted by atomic mass is 9.92.